The highest BCUT2D eigenvalue weighted by Crippen LogP contribution is 2.27. The Labute approximate surface area is 116 Å². The lowest BCUT2D eigenvalue weighted by molar-refractivity contribution is -0.131. The normalized spacial score (nSPS) is 19.3. The molecule has 1 aromatic rings. The van der Waals surface area contributed by atoms with E-state index < -0.39 is 5.97 Å². The molecule has 1 amide bonds. The molecule has 1 atom stereocenters. The first kappa shape index (κ1) is 13.8. The Morgan fingerprint density at radius 2 is 2.26 bits per heavy atom. The summed E-state index contributed by atoms with van der Waals surface area (Å²) in [6.45, 7) is 4.77. The third kappa shape index (κ3) is 3.04. The summed E-state index contributed by atoms with van der Waals surface area (Å²) >= 11 is 1.36. The van der Waals surface area contributed by atoms with E-state index in [-0.39, 0.29) is 5.91 Å². The van der Waals surface area contributed by atoms with Crippen LogP contribution in [0.15, 0.2) is 12.1 Å². The van der Waals surface area contributed by atoms with Gasteiger partial charge in [-0.15, -0.1) is 11.3 Å². The quantitative estimate of drug-likeness (QED) is 0.866. The Kier molecular flexibility index (Phi) is 4.04. The first-order valence-electron chi connectivity index (χ1n) is 6.31. The van der Waals surface area contributed by atoms with Gasteiger partial charge in [-0.05, 0) is 44.4 Å². The molecule has 1 unspecified atom stereocenters. The van der Waals surface area contributed by atoms with Gasteiger partial charge in [0.25, 0.3) is 5.91 Å². The average Bonchev–Trinajstić information content (AvgIpc) is 2.92. The summed E-state index contributed by atoms with van der Waals surface area (Å²) in [4.78, 5) is 26.3. The molecule has 1 aliphatic heterocycles. The van der Waals surface area contributed by atoms with Crippen LogP contribution in [0.5, 0.6) is 0 Å². The molecule has 2 rings (SSSR count). The molecular formula is C14H17NO3S. The van der Waals surface area contributed by atoms with Crippen molar-refractivity contribution in [2.24, 2.45) is 0 Å². The van der Waals surface area contributed by atoms with Crippen LogP contribution in [0.2, 0.25) is 0 Å². The van der Waals surface area contributed by atoms with Gasteiger partial charge in [-0.1, -0.05) is 0 Å². The Morgan fingerprint density at radius 3 is 2.84 bits per heavy atom. The fourth-order valence-corrected chi connectivity index (χ4v) is 3.32. The zero-order valence-corrected chi connectivity index (χ0v) is 11.9. The number of nitrogens with zero attached hydrogens (tertiary/aromatic N) is 1. The van der Waals surface area contributed by atoms with Crippen molar-refractivity contribution < 1.29 is 14.7 Å². The number of carbonyl (C=O) groups excluding carboxylic acids is 1. The first-order chi connectivity index (χ1) is 8.99. The lowest BCUT2D eigenvalue weighted by atomic mass is 10.2. The molecule has 19 heavy (non-hydrogen) atoms. The number of rotatable bonds is 3. The second-order valence-electron chi connectivity index (χ2n) is 4.82. The van der Waals surface area contributed by atoms with Crippen molar-refractivity contribution in [1.29, 1.82) is 0 Å². The van der Waals surface area contributed by atoms with Gasteiger partial charge in [-0.2, -0.15) is 0 Å². The van der Waals surface area contributed by atoms with Crippen molar-refractivity contribution in [2.45, 2.75) is 32.7 Å². The van der Waals surface area contributed by atoms with Crippen LogP contribution in [-0.4, -0.2) is 34.5 Å². The predicted octanol–water partition coefficient (Wildman–Crippen LogP) is 2.78. The molecule has 1 N–H and O–H groups in total. The monoisotopic (exact) mass is 279 g/mol. The SMILES string of the molecule is Cc1cc(C(=O)N2CCCC2C)sc1C=CC(=O)O. The molecule has 5 heteroatoms. The van der Waals surface area contributed by atoms with E-state index >= 15 is 0 Å². The van der Waals surface area contributed by atoms with E-state index in [2.05, 4.69) is 6.92 Å². The van der Waals surface area contributed by atoms with Crippen LogP contribution in [0, 0.1) is 6.92 Å². The molecule has 0 bridgehead atoms. The number of aryl methyl sites for hydroxylation is 1. The van der Waals surface area contributed by atoms with Crippen LogP contribution in [0.3, 0.4) is 0 Å². The highest BCUT2D eigenvalue weighted by atomic mass is 32.1. The summed E-state index contributed by atoms with van der Waals surface area (Å²) in [5.41, 5.74) is 0.942. The van der Waals surface area contributed by atoms with E-state index in [1.165, 1.54) is 11.3 Å². The fraction of sp³-hybridized carbons (Fsp3) is 0.429. The first-order valence-corrected chi connectivity index (χ1v) is 7.13. The second-order valence-corrected chi connectivity index (χ2v) is 5.90. The summed E-state index contributed by atoms with van der Waals surface area (Å²) in [7, 11) is 0. The molecule has 0 radical (unpaired) electrons. The number of aliphatic carboxylic acids is 1. The minimum Gasteiger partial charge on any atom is -0.478 e. The average molecular weight is 279 g/mol. The van der Waals surface area contributed by atoms with Crippen molar-refractivity contribution in [1.82, 2.24) is 4.90 Å². The van der Waals surface area contributed by atoms with Crippen molar-refractivity contribution in [3.05, 3.63) is 27.5 Å². The Balaban J connectivity index is 2.19. The van der Waals surface area contributed by atoms with Gasteiger partial charge in [-0.25, -0.2) is 4.79 Å². The molecule has 1 aromatic heterocycles. The molecular weight excluding hydrogens is 262 g/mol. The molecule has 0 aliphatic carbocycles. The van der Waals surface area contributed by atoms with E-state index in [4.69, 9.17) is 5.11 Å². The van der Waals surface area contributed by atoms with Gasteiger partial charge in [0.15, 0.2) is 0 Å². The highest BCUT2D eigenvalue weighted by molar-refractivity contribution is 7.15. The Bertz CT molecular complexity index is 533. The number of hydrogen-bond acceptors (Lipinski definition) is 3. The number of hydrogen-bond donors (Lipinski definition) is 1. The molecule has 1 fully saturated rings. The zero-order valence-electron chi connectivity index (χ0n) is 11.0. The predicted molar refractivity (Wildman–Crippen MR) is 75.5 cm³/mol. The molecule has 1 aliphatic rings. The smallest absolute Gasteiger partial charge is 0.328 e. The third-order valence-corrected chi connectivity index (χ3v) is 4.55. The Morgan fingerprint density at radius 1 is 1.53 bits per heavy atom. The maximum Gasteiger partial charge on any atom is 0.328 e. The highest BCUT2D eigenvalue weighted by Gasteiger charge is 2.27. The van der Waals surface area contributed by atoms with Crippen LogP contribution < -0.4 is 0 Å². The van der Waals surface area contributed by atoms with Crippen molar-refractivity contribution in [3.8, 4) is 0 Å². The molecule has 0 saturated carbocycles. The molecule has 102 valence electrons. The standard InChI is InChI=1S/C14H17NO3S/c1-9-8-12(19-11(9)5-6-13(16)17)14(18)15-7-3-4-10(15)2/h5-6,8,10H,3-4,7H2,1-2H3,(H,16,17). The topological polar surface area (TPSA) is 57.6 Å². The van der Waals surface area contributed by atoms with Crippen LogP contribution >= 0.6 is 11.3 Å². The van der Waals surface area contributed by atoms with Crippen LogP contribution in [0.25, 0.3) is 6.08 Å². The fourth-order valence-electron chi connectivity index (χ4n) is 2.29. The molecule has 4 nitrogen and oxygen atoms in total. The molecule has 0 spiro atoms. The lowest BCUT2D eigenvalue weighted by Gasteiger charge is -2.20. The number of carboxylic acids is 1. The summed E-state index contributed by atoms with van der Waals surface area (Å²) in [6, 6.07) is 2.15. The van der Waals surface area contributed by atoms with Crippen LogP contribution in [0.4, 0.5) is 0 Å². The van der Waals surface area contributed by atoms with E-state index in [1.54, 1.807) is 6.08 Å². The van der Waals surface area contributed by atoms with Gasteiger partial charge in [0.2, 0.25) is 0 Å². The minimum atomic E-state index is -0.978. The van der Waals surface area contributed by atoms with Gasteiger partial charge < -0.3 is 10.0 Å². The van der Waals surface area contributed by atoms with E-state index in [1.807, 2.05) is 17.9 Å². The number of amides is 1. The summed E-state index contributed by atoms with van der Waals surface area (Å²) in [5, 5.41) is 8.63. The zero-order chi connectivity index (χ0) is 14.0. The molecule has 1 saturated heterocycles. The molecule has 2 heterocycles. The largest absolute Gasteiger partial charge is 0.478 e. The molecule has 0 aromatic carbocycles. The summed E-state index contributed by atoms with van der Waals surface area (Å²) < 4.78 is 0. The summed E-state index contributed by atoms with van der Waals surface area (Å²) in [5.74, 6) is -0.915. The number of carboxylic acid groups (broad SMARTS) is 1. The van der Waals surface area contributed by atoms with Gasteiger partial charge >= 0.3 is 5.97 Å². The summed E-state index contributed by atoms with van der Waals surface area (Å²) in [6.07, 6.45) is 4.77. The second kappa shape index (κ2) is 5.57. The van der Waals surface area contributed by atoms with Crippen molar-refractivity contribution in [2.75, 3.05) is 6.54 Å². The van der Waals surface area contributed by atoms with Crippen molar-refractivity contribution >= 4 is 29.3 Å². The minimum absolute atomic E-state index is 0.0630. The van der Waals surface area contributed by atoms with Gasteiger partial charge in [0, 0.05) is 23.5 Å². The maximum absolute atomic E-state index is 12.4. The van der Waals surface area contributed by atoms with Crippen LogP contribution in [0.1, 0.15) is 39.9 Å². The maximum atomic E-state index is 12.4. The van der Waals surface area contributed by atoms with E-state index in [0.717, 1.165) is 35.9 Å². The van der Waals surface area contributed by atoms with Crippen LogP contribution in [-0.2, 0) is 4.79 Å². The third-order valence-electron chi connectivity index (χ3n) is 3.36. The number of thiophene rings is 1. The van der Waals surface area contributed by atoms with Gasteiger partial charge in [-0.3, -0.25) is 4.79 Å². The van der Waals surface area contributed by atoms with Crippen molar-refractivity contribution in [3.63, 3.8) is 0 Å². The van der Waals surface area contributed by atoms with Gasteiger partial charge in [0.05, 0.1) is 4.88 Å². The lowest BCUT2D eigenvalue weighted by Crippen LogP contribution is -2.33. The van der Waals surface area contributed by atoms with E-state index in [0.29, 0.717) is 10.9 Å². The Hall–Kier alpha value is -1.62. The number of likely N-dealkylation sites (tertiary alicyclic amines) is 1. The number of carbonyl (C=O) groups is 2. The van der Waals surface area contributed by atoms with Gasteiger partial charge in [0.1, 0.15) is 0 Å². The van der Waals surface area contributed by atoms with E-state index in [9.17, 15) is 9.59 Å².